The lowest BCUT2D eigenvalue weighted by Gasteiger charge is -2.13. The minimum Gasteiger partial charge on any atom is -0.465 e. The van der Waals surface area contributed by atoms with E-state index in [0.717, 1.165) is 11.3 Å². The van der Waals surface area contributed by atoms with E-state index in [4.69, 9.17) is 0 Å². The lowest BCUT2D eigenvalue weighted by atomic mass is 10.3. The van der Waals surface area contributed by atoms with Crippen LogP contribution in [0.15, 0.2) is 16.3 Å². The van der Waals surface area contributed by atoms with E-state index in [-0.39, 0.29) is 15.6 Å². The Balaban J connectivity index is 2.25. The zero-order chi connectivity index (χ0) is 13.3. The summed E-state index contributed by atoms with van der Waals surface area (Å²) in [5.74, 6) is -0.553. The molecule has 0 saturated carbocycles. The first-order valence-electron chi connectivity index (χ1n) is 5.31. The third-order valence-corrected chi connectivity index (χ3v) is 6.09. The van der Waals surface area contributed by atoms with Gasteiger partial charge in [-0.3, -0.25) is 0 Å². The molecule has 0 aliphatic carbocycles. The number of carbonyl (C=O) groups excluding carboxylic acids is 1. The Kier molecular flexibility index (Phi) is 3.71. The molecule has 2 rings (SSSR count). The number of esters is 1. The van der Waals surface area contributed by atoms with Crippen LogP contribution in [-0.4, -0.2) is 50.1 Å². The van der Waals surface area contributed by atoms with Gasteiger partial charge in [0.1, 0.15) is 9.09 Å². The van der Waals surface area contributed by atoms with Crippen LogP contribution >= 0.6 is 11.3 Å². The molecule has 1 fully saturated rings. The van der Waals surface area contributed by atoms with E-state index in [1.165, 1.54) is 23.5 Å². The fourth-order valence-corrected chi connectivity index (χ4v) is 4.60. The predicted molar refractivity (Wildman–Crippen MR) is 65.0 cm³/mol. The Morgan fingerprint density at radius 3 is 2.83 bits per heavy atom. The summed E-state index contributed by atoms with van der Waals surface area (Å²) >= 11 is 0.875. The molecule has 8 heteroatoms. The lowest BCUT2D eigenvalue weighted by molar-refractivity contribution is 0.0606. The standard InChI is InChI=1S/C10H13NO5S2/c1-16-10(13)8-2-3-9(17-8)18(14,15)11-5-4-7(12)6-11/h2-3,7,12H,4-6H2,1H3/t7-/m0/s1. The summed E-state index contributed by atoms with van der Waals surface area (Å²) in [5, 5.41) is 9.36. The van der Waals surface area contributed by atoms with Gasteiger partial charge < -0.3 is 9.84 Å². The van der Waals surface area contributed by atoms with E-state index < -0.39 is 22.1 Å². The van der Waals surface area contributed by atoms with Crippen molar-refractivity contribution in [2.24, 2.45) is 0 Å². The van der Waals surface area contributed by atoms with Gasteiger partial charge in [0.2, 0.25) is 0 Å². The summed E-state index contributed by atoms with van der Waals surface area (Å²) in [5.41, 5.74) is 0. The topological polar surface area (TPSA) is 83.9 Å². The molecule has 0 radical (unpaired) electrons. The maximum Gasteiger partial charge on any atom is 0.348 e. The van der Waals surface area contributed by atoms with Crippen LogP contribution in [0.5, 0.6) is 0 Å². The van der Waals surface area contributed by atoms with Crippen molar-refractivity contribution in [1.82, 2.24) is 4.31 Å². The first kappa shape index (κ1) is 13.5. The molecule has 0 unspecified atom stereocenters. The molecule has 1 aliphatic heterocycles. The molecule has 1 atom stereocenters. The second kappa shape index (κ2) is 4.96. The fourth-order valence-electron chi connectivity index (χ4n) is 1.73. The highest BCUT2D eigenvalue weighted by atomic mass is 32.2. The van der Waals surface area contributed by atoms with Crippen LogP contribution in [-0.2, 0) is 14.8 Å². The van der Waals surface area contributed by atoms with Crippen LogP contribution in [0.1, 0.15) is 16.1 Å². The number of hydrogen-bond acceptors (Lipinski definition) is 6. The van der Waals surface area contributed by atoms with E-state index in [0.29, 0.717) is 13.0 Å². The number of aliphatic hydroxyl groups is 1. The van der Waals surface area contributed by atoms with E-state index in [1.807, 2.05) is 0 Å². The van der Waals surface area contributed by atoms with Gasteiger partial charge in [-0.05, 0) is 18.6 Å². The first-order chi connectivity index (χ1) is 8.45. The van der Waals surface area contributed by atoms with Gasteiger partial charge in [-0.25, -0.2) is 13.2 Å². The number of methoxy groups -OCH3 is 1. The molecule has 0 bridgehead atoms. The van der Waals surface area contributed by atoms with Gasteiger partial charge in [0.05, 0.1) is 13.2 Å². The van der Waals surface area contributed by atoms with Gasteiger partial charge in [-0.2, -0.15) is 4.31 Å². The predicted octanol–water partition coefficient (Wildman–Crippen LogP) is 0.290. The molecule has 100 valence electrons. The average molecular weight is 291 g/mol. The summed E-state index contributed by atoms with van der Waals surface area (Å²) in [6, 6.07) is 2.81. The van der Waals surface area contributed by atoms with Crippen molar-refractivity contribution >= 4 is 27.3 Å². The summed E-state index contributed by atoms with van der Waals surface area (Å²) in [4.78, 5) is 11.5. The van der Waals surface area contributed by atoms with Crippen molar-refractivity contribution in [3.05, 3.63) is 17.0 Å². The quantitative estimate of drug-likeness (QED) is 0.809. The number of thiophene rings is 1. The van der Waals surface area contributed by atoms with Gasteiger partial charge in [0.15, 0.2) is 0 Å². The van der Waals surface area contributed by atoms with Crippen molar-refractivity contribution < 1.29 is 23.1 Å². The number of ether oxygens (including phenoxy) is 1. The number of sulfonamides is 1. The van der Waals surface area contributed by atoms with Gasteiger partial charge in [-0.15, -0.1) is 11.3 Å². The van der Waals surface area contributed by atoms with Gasteiger partial charge in [0, 0.05) is 13.1 Å². The van der Waals surface area contributed by atoms with Crippen LogP contribution in [0, 0.1) is 0 Å². The highest BCUT2D eigenvalue weighted by Crippen LogP contribution is 2.27. The van der Waals surface area contributed by atoms with E-state index in [9.17, 15) is 18.3 Å². The molecule has 1 saturated heterocycles. The number of carbonyl (C=O) groups is 1. The second-order valence-corrected chi connectivity index (χ2v) is 7.16. The molecular weight excluding hydrogens is 278 g/mol. The molecule has 6 nitrogen and oxygen atoms in total. The van der Waals surface area contributed by atoms with Crippen LogP contribution < -0.4 is 0 Å². The van der Waals surface area contributed by atoms with E-state index >= 15 is 0 Å². The van der Waals surface area contributed by atoms with Crippen molar-refractivity contribution in [2.45, 2.75) is 16.7 Å². The van der Waals surface area contributed by atoms with Crippen LogP contribution in [0.2, 0.25) is 0 Å². The number of rotatable bonds is 3. The number of aliphatic hydroxyl groups excluding tert-OH is 1. The average Bonchev–Trinajstić information content (AvgIpc) is 2.96. The highest BCUT2D eigenvalue weighted by molar-refractivity contribution is 7.91. The summed E-state index contributed by atoms with van der Waals surface area (Å²) in [6.07, 6.45) is -0.172. The zero-order valence-corrected chi connectivity index (χ0v) is 11.3. The molecule has 1 aromatic rings. The summed E-state index contributed by atoms with van der Waals surface area (Å²) in [7, 11) is -2.37. The number of β-amino-alcohol motifs (C(OH)–C–C–N with tert-alkyl or cyclic N) is 1. The van der Waals surface area contributed by atoms with Crippen LogP contribution in [0.25, 0.3) is 0 Å². The van der Waals surface area contributed by atoms with Crippen LogP contribution in [0.3, 0.4) is 0 Å². The Labute approximate surface area is 109 Å². The largest absolute Gasteiger partial charge is 0.465 e. The molecule has 0 aromatic carbocycles. The van der Waals surface area contributed by atoms with Crippen molar-refractivity contribution in [2.75, 3.05) is 20.2 Å². The number of nitrogens with zero attached hydrogens (tertiary/aromatic N) is 1. The van der Waals surface area contributed by atoms with Crippen molar-refractivity contribution in [1.29, 1.82) is 0 Å². The molecule has 2 heterocycles. The monoisotopic (exact) mass is 291 g/mol. The highest BCUT2D eigenvalue weighted by Gasteiger charge is 2.33. The molecule has 1 aromatic heterocycles. The maximum absolute atomic E-state index is 12.2. The third kappa shape index (κ3) is 2.41. The SMILES string of the molecule is COC(=O)c1ccc(S(=O)(=O)N2CC[C@H](O)C2)s1. The molecule has 0 spiro atoms. The summed E-state index contributed by atoms with van der Waals surface area (Å²) < 4.78 is 30.2. The van der Waals surface area contributed by atoms with Crippen molar-refractivity contribution in [3.8, 4) is 0 Å². The molecule has 0 amide bonds. The lowest BCUT2D eigenvalue weighted by Crippen LogP contribution is -2.29. The Hall–Kier alpha value is -0.960. The Morgan fingerprint density at radius 2 is 2.28 bits per heavy atom. The third-order valence-electron chi connectivity index (χ3n) is 2.69. The van der Waals surface area contributed by atoms with Gasteiger partial charge in [0.25, 0.3) is 10.0 Å². The van der Waals surface area contributed by atoms with E-state index in [1.54, 1.807) is 0 Å². The zero-order valence-electron chi connectivity index (χ0n) is 9.70. The smallest absolute Gasteiger partial charge is 0.348 e. The van der Waals surface area contributed by atoms with Gasteiger partial charge >= 0.3 is 5.97 Å². The maximum atomic E-state index is 12.2. The van der Waals surface area contributed by atoms with Gasteiger partial charge in [-0.1, -0.05) is 0 Å². The van der Waals surface area contributed by atoms with E-state index in [2.05, 4.69) is 4.74 Å². The first-order valence-corrected chi connectivity index (χ1v) is 7.57. The summed E-state index contributed by atoms with van der Waals surface area (Å²) in [6.45, 7) is 0.406. The molecule has 18 heavy (non-hydrogen) atoms. The van der Waals surface area contributed by atoms with Crippen molar-refractivity contribution in [3.63, 3.8) is 0 Å². The van der Waals surface area contributed by atoms with Crippen LogP contribution in [0.4, 0.5) is 0 Å². The minimum absolute atomic E-state index is 0.0944. The molecular formula is C10H13NO5S2. The normalized spacial score (nSPS) is 21.1. The Morgan fingerprint density at radius 1 is 1.56 bits per heavy atom. The fraction of sp³-hybridized carbons (Fsp3) is 0.500. The molecule has 1 N–H and O–H groups in total. The molecule has 1 aliphatic rings. The minimum atomic E-state index is -3.61. The number of hydrogen-bond donors (Lipinski definition) is 1. The second-order valence-electron chi connectivity index (χ2n) is 3.92. The Bertz CT molecular complexity index is 550.